The molecule has 0 aliphatic rings. The monoisotopic (exact) mass is 280 g/mol. The van der Waals surface area contributed by atoms with Gasteiger partial charge >= 0.3 is 0 Å². The summed E-state index contributed by atoms with van der Waals surface area (Å²) < 4.78 is 27.3. The molecule has 1 aromatic carbocycles. The molecule has 19 heavy (non-hydrogen) atoms. The van der Waals surface area contributed by atoms with E-state index in [0.29, 0.717) is 11.1 Å². The second-order valence-electron chi connectivity index (χ2n) is 5.34. The summed E-state index contributed by atoms with van der Waals surface area (Å²) in [5.41, 5.74) is 6.12. The second kappa shape index (κ2) is 5.74. The maximum Gasteiger partial charge on any atom is 0.241 e. The zero-order valence-electron chi connectivity index (χ0n) is 11.7. The average molecular weight is 280 g/mol. The van der Waals surface area contributed by atoms with Crippen molar-refractivity contribution in [2.45, 2.75) is 38.1 Å². The van der Waals surface area contributed by atoms with Gasteiger partial charge in [0.15, 0.2) is 0 Å². The van der Waals surface area contributed by atoms with Crippen LogP contribution in [0.15, 0.2) is 23.1 Å². The topological polar surface area (TPSA) is 72.2 Å². The van der Waals surface area contributed by atoms with E-state index in [9.17, 15) is 8.42 Å². The fourth-order valence-electron chi connectivity index (χ4n) is 1.58. The van der Waals surface area contributed by atoms with Crippen molar-refractivity contribution < 1.29 is 8.42 Å². The number of rotatable bonds is 2. The Morgan fingerprint density at radius 3 is 2.47 bits per heavy atom. The van der Waals surface area contributed by atoms with Crippen molar-refractivity contribution in [3.63, 3.8) is 0 Å². The molecule has 0 saturated heterocycles. The molecule has 3 N–H and O–H groups in total. The first-order valence-corrected chi connectivity index (χ1v) is 7.47. The largest absolute Gasteiger partial charge is 0.320 e. The van der Waals surface area contributed by atoms with E-state index in [0.717, 1.165) is 0 Å². The van der Waals surface area contributed by atoms with Gasteiger partial charge in [0, 0.05) is 11.1 Å². The van der Waals surface area contributed by atoms with Crippen LogP contribution in [0.4, 0.5) is 0 Å². The molecule has 1 aromatic rings. The predicted molar refractivity (Wildman–Crippen MR) is 77.2 cm³/mol. The Labute approximate surface area is 115 Å². The van der Waals surface area contributed by atoms with Crippen LogP contribution in [0.2, 0.25) is 0 Å². The van der Waals surface area contributed by atoms with Crippen LogP contribution in [0, 0.1) is 18.8 Å². The second-order valence-corrected chi connectivity index (χ2v) is 6.99. The molecule has 5 heteroatoms. The van der Waals surface area contributed by atoms with Crippen LogP contribution in [0.5, 0.6) is 0 Å². The van der Waals surface area contributed by atoms with E-state index < -0.39 is 15.6 Å². The Kier molecular flexibility index (Phi) is 4.75. The van der Waals surface area contributed by atoms with Crippen molar-refractivity contribution in [2.75, 3.05) is 6.54 Å². The molecule has 4 nitrogen and oxygen atoms in total. The molecule has 0 aliphatic heterocycles. The molecule has 0 bridgehead atoms. The Morgan fingerprint density at radius 1 is 1.32 bits per heavy atom. The first-order chi connectivity index (χ1) is 8.65. The molecule has 0 saturated carbocycles. The van der Waals surface area contributed by atoms with Gasteiger partial charge in [0.1, 0.15) is 0 Å². The molecule has 0 aliphatic carbocycles. The van der Waals surface area contributed by atoms with Gasteiger partial charge in [0.2, 0.25) is 10.0 Å². The van der Waals surface area contributed by atoms with Gasteiger partial charge in [-0.25, -0.2) is 13.1 Å². The van der Waals surface area contributed by atoms with E-state index in [1.807, 2.05) is 0 Å². The van der Waals surface area contributed by atoms with Gasteiger partial charge in [-0.1, -0.05) is 17.9 Å². The quantitative estimate of drug-likeness (QED) is 0.804. The first-order valence-electron chi connectivity index (χ1n) is 5.99. The summed E-state index contributed by atoms with van der Waals surface area (Å²) in [6.45, 7) is 7.42. The van der Waals surface area contributed by atoms with Crippen LogP contribution >= 0.6 is 0 Å². The highest BCUT2D eigenvalue weighted by molar-refractivity contribution is 7.89. The van der Waals surface area contributed by atoms with Gasteiger partial charge in [-0.15, -0.1) is 0 Å². The highest BCUT2D eigenvalue weighted by atomic mass is 32.2. The Morgan fingerprint density at radius 2 is 1.95 bits per heavy atom. The maximum atomic E-state index is 12.3. The Hall–Kier alpha value is -1.35. The molecule has 0 unspecified atom stereocenters. The van der Waals surface area contributed by atoms with Crippen LogP contribution in [-0.4, -0.2) is 20.5 Å². The summed E-state index contributed by atoms with van der Waals surface area (Å²) in [5.74, 6) is 5.55. The van der Waals surface area contributed by atoms with Crippen molar-refractivity contribution in [3.05, 3.63) is 29.3 Å². The minimum absolute atomic E-state index is 0.246. The van der Waals surface area contributed by atoms with Crippen molar-refractivity contribution in [2.24, 2.45) is 5.73 Å². The molecule has 0 atom stereocenters. The highest BCUT2D eigenvalue weighted by Gasteiger charge is 2.23. The first kappa shape index (κ1) is 15.7. The van der Waals surface area contributed by atoms with E-state index in [4.69, 9.17) is 5.73 Å². The van der Waals surface area contributed by atoms with E-state index in [1.54, 1.807) is 45.9 Å². The molecule has 0 amide bonds. The Balaban J connectivity index is 3.26. The number of benzene rings is 1. The van der Waals surface area contributed by atoms with E-state index in [1.165, 1.54) is 0 Å². The summed E-state index contributed by atoms with van der Waals surface area (Å²) in [7, 11) is -3.55. The van der Waals surface area contributed by atoms with Gasteiger partial charge in [-0.3, -0.25) is 0 Å². The molecule has 0 spiro atoms. The maximum absolute atomic E-state index is 12.3. The minimum atomic E-state index is -3.55. The lowest BCUT2D eigenvalue weighted by atomic mass is 10.1. The van der Waals surface area contributed by atoms with Gasteiger partial charge in [-0.05, 0) is 45.4 Å². The smallest absolute Gasteiger partial charge is 0.241 e. The van der Waals surface area contributed by atoms with Crippen molar-refractivity contribution in [1.82, 2.24) is 4.72 Å². The average Bonchev–Trinajstić information content (AvgIpc) is 2.24. The molecule has 1 rings (SSSR count). The van der Waals surface area contributed by atoms with Crippen molar-refractivity contribution >= 4 is 10.0 Å². The number of sulfonamides is 1. The molecule has 0 heterocycles. The van der Waals surface area contributed by atoms with Crippen LogP contribution in [0.3, 0.4) is 0 Å². The lowest BCUT2D eigenvalue weighted by molar-refractivity contribution is 0.491. The summed E-state index contributed by atoms with van der Waals surface area (Å²) >= 11 is 0. The fraction of sp³-hybridized carbons (Fsp3) is 0.429. The lowest BCUT2D eigenvalue weighted by Gasteiger charge is -2.21. The molecule has 0 aromatic heterocycles. The normalized spacial score (nSPS) is 11.8. The van der Waals surface area contributed by atoms with E-state index in [2.05, 4.69) is 16.6 Å². The molecule has 0 radical (unpaired) electrons. The van der Waals surface area contributed by atoms with Gasteiger partial charge in [0.05, 0.1) is 11.4 Å². The van der Waals surface area contributed by atoms with Crippen molar-refractivity contribution in [1.29, 1.82) is 0 Å². The van der Waals surface area contributed by atoms with Crippen LogP contribution in [0.1, 0.15) is 31.9 Å². The number of nitrogens with one attached hydrogen (secondary N) is 1. The van der Waals surface area contributed by atoms with Gasteiger partial charge in [0.25, 0.3) is 0 Å². The van der Waals surface area contributed by atoms with Crippen molar-refractivity contribution in [3.8, 4) is 11.8 Å². The Bertz CT molecular complexity index is 617. The number of hydrogen-bond acceptors (Lipinski definition) is 3. The SMILES string of the molecule is Cc1ccc(C#CCN)cc1S(=O)(=O)NC(C)(C)C. The fourth-order valence-corrected chi connectivity index (χ4v) is 3.27. The number of hydrogen-bond donors (Lipinski definition) is 2. The van der Waals surface area contributed by atoms with Crippen LogP contribution in [0.25, 0.3) is 0 Å². The highest BCUT2D eigenvalue weighted by Crippen LogP contribution is 2.18. The summed E-state index contributed by atoms with van der Waals surface area (Å²) in [4.78, 5) is 0.256. The summed E-state index contributed by atoms with van der Waals surface area (Å²) in [6, 6.07) is 5.11. The zero-order valence-corrected chi connectivity index (χ0v) is 12.6. The third kappa shape index (κ3) is 4.67. The molecule has 104 valence electrons. The number of nitrogens with two attached hydrogens (primary N) is 1. The predicted octanol–water partition coefficient (Wildman–Crippen LogP) is 1.38. The number of aryl methyl sites for hydroxylation is 1. The molecular formula is C14H20N2O2S. The van der Waals surface area contributed by atoms with Gasteiger partial charge < -0.3 is 5.73 Å². The standard InChI is InChI=1S/C14H20N2O2S/c1-11-7-8-12(6-5-9-15)10-13(11)19(17,18)16-14(2,3)4/h7-8,10,16H,9,15H2,1-4H3. The van der Waals surface area contributed by atoms with Crippen LogP contribution < -0.4 is 10.5 Å². The third-order valence-electron chi connectivity index (χ3n) is 2.25. The molecule has 0 fully saturated rings. The van der Waals surface area contributed by atoms with E-state index in [-0.39, 0.29) is 11.4 Å². The van der Waals surface area contributed by atoms with Crippen LogP contribution in [-0.2, 0) is 10.0 Å². The summed E-state index contributed by atoms with van der Waals surface area (Å²) in [5, 5.41) is 0. The zero-order chi connectivity index (χ0) is 14.7. The minimum Gasteiger partial charge on any atom is -0.320 e. The van der Waals surface area contributed by atoms with E-state index >= 15 is 0 Å². The molecular weight excluding hydrogens is 260 g/mol. The van der Waals surface area contributed by atoms with Gasteiger partial charge in [-0.2, -0.15) is 0 Å². The third-order valence-corrected chi connectivity index (χ3v) is 4.15. The summed E-state index contributed by atoms with van der Waals surface area (Å²) in [6.07, 6.45) is 0. The lowest BCUT2D eigenvalue weighted by Crippen LogP contribution is -2.40.